The lowest BCUT2D eigenvalue weighted by Gasteiger charge is -2.05. The molecule has 0 atom stereocenters. The van der Waals surface area contributed by atoms with Gasteiger partial charge in [0.05, 0.1) is 0 Å². The van der Waals surface area contributed by atoms with Gasteiger partial charge in [0.25, 0.3) is 11.8 Å². The van der Waals surface area contributed by atoms with Crippen molar-refractivity contribution in [3.63, 3.8) is 0 Å². The number of amides is 2. The molecule has 6 heteroatoms. The predicted octanol–water partition coefficient (Wildman–Crippen LogP) is 2.88. The van der Waals surface area contributed by atoms with Crippen molar-refractivity contribution < 1.29 is 9.59 Å². The Morgan fingerprint density at radius 2 is 2.00 bits per heavy atom. The minimum Gasteiger partial charge on any atom is -0.268 e. The molecular formula is C14H11ClN2O2S. The van der Waals surface area contributed by atoms with E-state index in [-0.39, 0.29) is 0 Å². The molecule has 102 valence electrons. The van der Waals surface area contributed by atoms with Gasteiger partial charge in [-0.25, -0.2) is 0 Å². The maximum absolute atomic E-state index is 11.7. The molecule has 1 aromatic carbocycles. The first-order valence-corrected chi connectivity index (χ1v) is 6.98. The van der Waals surface area contributed by atoms with Crippen molar-refractivity contribution in [1.82, 2.24) is 10.9 Å². The van der Waals surface area contributed by atoms with Crippen LogP contribution >= 0.6 is 22.9 Å². The third-order valence-electron chi connectivity index (χ3n) is 2.33. The molecule has 0 saturated carbocycles. The molecule has 0 saturated heterocycles. The highest BCUT2D eigenvalue weighted by Crippen LogP contribution is 2.10. The first-order chi connectivity index (χ1) is 9.65. The molecule has 2 N–H and O–H groups in total. The molecule has 0 fully saturated rings. The number of hydrogen-bond acceptors (Lipinski definition) is 3. The topological polar surface area (TPSA) is 58.2 Å². The Labute approximate surface area is 125 Å². The summed E-state index contributed by atoms with van der Waals surface area (Å²) in [7, 11) is 0. The van der Waals surface area contributed by atoms with Crippen LogP contribution in [0.15, 0.2) is 47.9 Å². The van der Waals surface area contributed by atoms with Gasteiger partial charge in [0.2, 0.25) is 0 Å². The molecule has 0 aliphatic carbocycles. The van der Waals surface area contributed by atoms with Gasteiger partial charge in [-0.15, -0.1) is 11.3 Å². The number of carbonyl (C=O) groups excluding carboxylic acids is 2. The quantitative estimate of drug-likeness (QED) is 0.676. The molecule has 2 aromatic rings. The highest BCUT2D eigenvalue weighted by molar-refractivity contribution is 7.10. The van der Waals surface area contributed by atoms with Gasteiger partial charge in [-0.2, -0.15) is 0 Å². The summed E-state index contributed by atoms with van der Waals surface area (Å²) in [6, 6.07) is 10.2. The van der Waals surface area contributed by atoms with E-state index >= 15 is 0 Å². The molecule has 0 bridgehead atoms. The Balaban J connectivity index is 1.86. The minimum atomic E-state index is -0.426. The van der Waals surface area contributed by atoms with Crippen molar-refractivity contribution in [3.05, 3.63) is 63.3 Å². The summed E-state index contributed by atoms with van der Waals surface area (Å²) >= 11 is 7.30. The molecule has 0 aliphatic heterocycles. The molecule has 0 aliphatic rings. The number of halogens is 1. The molecule has 2 rings (SSSR count). The fourth-order valence-corrected chi connectivity index (χ4v) is 2.21. The normalized spacial score (nSPS) is 10.4. The van der Waals surface area contributed by atoms with Gasteiger partial charge in [0.1, 0.15) is 0 Å². The molecular weight excluding hydrogens is 296 g/mol. The molecule has 20 heavy (non-hydrogen) atoms. The number of rotatable bonds is 3. The van der Waals surface area contributed by atoms with E-state index in [4.69, 9.17) is 11.6 Å². The van der Waals surface area contributed by atoms with E-state index in [2.05, 4.69) is 10.9 Å². The smallest absolute Gasteiger partial charge is 0.268 e. The number of hydrazine groups is 1. The fourth-order valence-electron chi connectivity index (χ4n) is 1.41. The monoisotopic (exact) mass is 306 g/mol. The van der Waals surface area contributed by atoms with Crippen molar-refractivity contribution >= 4 is 40.8 Å². The van der Waals surface area contributed by atoms with E-state index in [1.54, 1.807) is 24.3 Å². The van der Waals surface area contributed by atoms with Crippen LogP contribution in [0.5, 0.6) is 0 Å². The van der Waals surface area contributed by atoms with E-state index in [1.165, 1.54) is 23.5 Å². The molecule has 2 amide bonds. The maximum atomic E-state index is 11.7. The summed E-state index contributed by atoms with van der Waals surface area (Å²) in [5, 5.41) is 2.37. The number of hydrogen-bond donors (Lipinski definition) is 2. The van der Waals surface area contributed by atoms with Crippen LogP contribution in [0.2, 0.25) is 5.02 Å². The lowest BCUT2D eigenvalue weighted by Crippen LogP contribution is -2.40. The second-order valence-electron chi connectivity index (χ2n) is 3.80. The third kappa shape index (κ3) is 4.22. The molecule has 0 unspecified atom stereocenters. The van der Waals surface area contributed by atoms with Crippen molar-refractivity contribution in [2.45, 2.75) is 0 Å². The highest BCUT2D eigenvalue weighted by Gasteiger charge is 2.06. The first-order valence-electron chi connectivity index (χ1n) is 5.72. The second kappa shape index (κ2) is 6.88. The van der Waals surface area contributed by atoms with Crippen molar-refractivity contribution in [3.8, 4) is 0 Å². The van der Waals surface area contributed by atoms with E-state index in [0.29, 0.717) is 10.6 Å². The lowest BCUT2D eigenvalue weighted by molar-refractivity contribution is -0.117. The second-order valence-corrected chi connectivity index (χ2v) is 5.22. The van der Waals surface area contributed by atoms with Gasteiger partial charge in [0.15, 0.2) is 0 Å². The van der Waals surface area contributed by atoms with Crippen molar-refractivity contribution in [2.75, 3.05) is 0 Å². The van der Waals surface area contributed by atoms with Crippen molar-refractivity contribution in [2.24, 2.45) is 0 Å². The Hall–Kier alpha value is -2.11. The van der Waals surface area contributed by atoms with Gasteiger partial charge in [-0.05, 0) is 35.7 Å². The molecule has 0 radical (unpaired) electrons. The van der Waals surface area contributed by atoms with Crippen LogP contribution in [0, 0.1) is 0 Å². The summed E-state index contributed by atoms with van der Waals surface area (Å²) < 4.78 is 0. The molecule has 1 aromatic heterocycles. The van der Waals surface area contributed by atoms with Crippen LogP contribution in [-0.2, 0) is 4.79 Å². The molecule has 1 heterocycles. The largest absolute Gasteiger partial charge is 0.269 e. The molecule has 0 spiro atoms. The van der Waals surface area contributed by atoms with E-state index < -0.39 is 11.8 Å². The molecule has 4 nitrogen and oxygen atoms in total. The van der Waals surface area contributed by atoms with Gasteiger partial charge >= 0.3 is 0 Å². The average molecular weight is 307 g/mol. The fraction of sp³-hybridized carbons (Fsp3) is 0. The third-order valence-corrected chi connectivity index (χ3v) is 3.40. The van der Waals surface area contributed by atoms with Gasteiger partial charge in [0, 0.05) is 21.5 Å². The number of benzene rings is 1. The Morgan fingerprint density at radius 1 is 1.15 bits per heavy atom. The summed E-state index contributed by atoms with van der Waals surface area (Å²) in [5.41, 5.74) is 4.99. The summed E-state index contributed by atoms with van der Waals surface area (Å²) in [4.78, 5) is 24.2. The van der Waals surface area contributed by atoms with Gasteiger partial charge in [-0.3, -0.25) is 20.4 Å². The lowest BCUT2D eigenvalue weighted by atomic mass is 10.2. The average Bonchev–Trinajstić information content (AvgIpc) is 2.95. The Kier molecular flexibility index (Phi) is 4.92. The Morgan fingerprint density at radius 3 is 2.70 bits per heavy atom. The number of carbonyl (C=O) groups is 2. The van der Waals surface area contributed by atoms with E-state index in [0.717, 1.165) is 4.88 Å². The van der Waals surface area contributed by atoms with Crippen LogP contribution in [0.1, 0.15) is 15.2 Å². The number of thiophene rings is 1. The summed E-state index contributed by atoms with van der Waals surface area (Å²) in [6.07, 6.45) is 3.02. The summed E-state index contributed by atoms with van der Waals surface area (Å²) in [5.74, 6) is -0.834. The SMILES string of the molecule is O=C(/C=C/c1cccs1)NNC(=O)c1cccc(Cl)c1. The van der Waals surface area contributed by atoms with E-state index in [1.807, 2.05) is 17.5 Å². The zero-order valence-electron chi connectivity index (χ0n) is 10.3. The first kappa shape index (κ1) is 14.3. The van der Waals surface area contributed by atoms with Crippen LogP contribution in [-0.4, -0.2) is 11.8 Å². The van der Waals surface area contributed by atoms with Gasteiger partial charge in [-0.1, -0.05) is 23.7 Å². The Bertz CT molecular complexity index is 638. The zero-order valence-corrected chi connectivity index (χ0v) is 11.9. The van der Waals surface area contributed by atoms with Crippen LogP contribution in [0.25, 0.3) is 6.08 Å². The van der Waals surface area contributed by atoms with Crippen LogP contribution < -0.4 is 10.9 Å². The van der Waals surface area contributed by atoms with Crippen LogP contribution in [0.3, 0.4) is 0 Å². The number of nitrogens with one attached hydrogen (secondary N) is 2. The predicted molar refractivity (Wildman–Crippen MR) is 80.4 cm³/mol. The highest BCUT2D eigenvalue weighted by atomic mass is 35.5. The standard InChI is InChI=1S/C14H11ClN2O2S/c15-11-4-1-3-10(9-11)14(19)17-16-13(18)7-6-12-5-2-8-20-12/h1-9H,(H,16,18)(H,17,19)/b7-6+. The maximum Gasteiger partial charge on any atom is 0.269 e. The van der Waals surface area contributed by atoms with Crippen molar-refractivity contribution in [1.29, 1.82) is 0 Å². The zero-order chi connectivity index (χ0) is 14.4. The van der Waals surface area contributed by atoms with Gasteiger partial charge < -0.3 is 0 Å². The summed E-state index contributed by atoms with van der Waals surface area (Å²) in [6.45, 7) is 0. The van der Waals surface area contributed by atoms with E-state index in [9.17, 15) is 9.59 Å². The minimum absolute atomic E-state index is 0.375. The van der Waals surface area contributed by atoms with Crippen LogP contribution in [0.4, 0.5) is 0 Å².